The quantitative estimate of drug-likeness (QED) is 0.670. The predicted molar refractivity (Wildman–Crippen MR) is 76.3 cm³/mol. The van der Waals surface area contributed by atoms with Crippen LogP contribution in [0.25, 0.3) is 21.9 Å². The topological polar surface area (TPSA) is 54.5 Å². The summed E-state index contributed by atoms with van der Waals surface area (Å²) >= 11 is 1.53. The highest BCUT2D eigenvalue weighted by Crippen LogP contribution is 2.27. The SMILES string of the molecule is Cn1cc(/C=C(\C#N)c2nc3ccccc3s2)cn1. The van der Waals surface area contributed by atoms with E-state index < -0.39 is 0 Å². The summed E-state index contributed by atoms with van der Waals surface area (Å²) in [7, 11) is 1.85. The van der Waals surface area contributed by atoms with Crippen LogP contribution in [0.4, 0.5) is 0 Å². The second-order valence-electron chi connectivity index (χ2n) is 4.10. The third-order valence-electron chi connectivity index (χ3n) is 2.68. The number of thiazole rings is 1. The maximum absolute atomic E-state index is 9.29. The number of nitrogens with zero attached hydrogens (tertiary/aromatic N) is 4. The van der Waals surface area contributed by atoms with Gasteiger partial charge in [-0.05, 0) is 18.2 Å². The van der Waals surface area contributed by atoms with Crippen LogP contribution in [0.3, 0.4) is 0 Å². The summed E-state index contributed by atoms with van der Waals surface area (Å²) in [6, 6.07) is 10.1. The minimum Gasteiger partial charge on any atom is -0.275 e. The first-order valence-electron chi connectivity index (χ1n) is 5.72. The molecule has 0 atom stereocenters. The molecule has 1 aromatic carbocycles. The van der Waals surface area contributed by atoms with Gasteiger partial charge in [0.1, 0.15) is 11.1 Å². The van der Waals surface area contributed by atoms with Crippen LogP contribution < -0.4 is 0 Å². The summed E-state index contributed by atoms with van der Waals surface area (Å²) < 4.78 is 2.80. The van der Waals surface area contributed by atoms with Crippen molar-refractivity contribution in [2.75, 3.05) is 0 Å². The Balaban J connectivity index is 2.07. The van der Waals surface area contributed by atoms with E-state index in [4.69, 9.17) is 0 Å². The largest absolute Gasteiger partial charge is 0.275 e. The predicted octanol–water partition coefficient (Wildman–Crippen LogP) is 3.09. The molecule has 5 heteroatoms. The number of fused-ring (bicyclic) bond motifs is 1. The fraction of sp³-hybridized carbons (Fsp3) is 0.0714. The zero-order valence-corrected chi connectivity index (χ0v) is 11.1. The number of allylic oxidation sites excluding steroid dienone is 1. The number of nitriles is 1. The van der Waals surface area contributed by atoms with Crippen LogP contribution in [0.15, 0.2) is 36.7 Å². The van der Waals surface area contributed by atoms with Crippen molar-refractivity contribution in [3.8, 4) is 6.07 Å². The second kappa shape index (κ2) is 4.67. The minimum atomic E-state index is 0.564. The van der Waals surface area contributed by atoms with Gasteiger partial charge in [-0.1, -0.05) is 12.1 Å². The Hall–Kier alpha value is -2.45. The molecule has 0 aliphatic rings. The molecule has 92 valence electrons. The van der Waals surface area contributed by atoms with Crippen LogP contribution in [0, 0.1) is 11.3 Å². The number of aryl methyl sites for hydroxylation is 1. The van der Waals surface area contributed by atoms with Crippen molar-refractivity contribution in [3.63, 3.8) is 0 Å². The first-order chi connectivity index (χ1) is 9.26. The number of aromatic nitrogens is 3. The smallest absolute Gasteiger partial charge is 0.135 e. The zero-order valence-electron chi connectivity index (χ0n) is 10.2. The molecule has 4 nitrogen and oxygen atoms in total. The highest BCUT2D eigenvalue weighted by atomic mass is 32.1. The first kappa shape index (κ1) is 11.6. The molecule has 2 heterocycles. The molecule has 0 amide bonds. The zero-order chi connectivity index (χ0) is 13.2. The third kappa shape index (κ3) is 2.26. The van der Waals surface area contributed by atoms with E-state index in [1.165, 1.54) is 11.3 Å². The summed E-state index contributed by atoms with van der Waals surface area (Å²) in [5, 5.41) is 14.1. The fourth-order valence-electron chi connectivity index (χ4n) is 1.81. The number of para-hydroxylation sites is 1. The summed E-state index contributed by atoms with van der Waals surface area (Å²) in [6.07, 6.45) is 5.40. The normalized spacial score (nSPS) is 11.7. The van der Waals surface area contributed by atoms with E-state index in [-0.39, 0.29) is 0 Å². The van der Waals surface area contributed by atoms with Gasteiger partial charge >= 0.3 is 0 Å². The van der Waals surface area contributed by atoms with E-state index >= 15 is 0 Å². The van der Waals surface area contributed by atoms with Crippen LogP contribution in [0.2, 0.25) is 0 Å². The van der Waals surface area contributed by atoms with Crippen molar-refractivity contribution >= 4 is 33.2 Å². The Kier molecular flexibility index (Phi) is 2.86. The standard InChI is InChI=1S/C14H10N4S/c1-18-9-10(8-16-18)6-11(7-15)14-17-12-4-2-3-5-13(12)19-14/h2-6,8-9H,1H3/b11-6+. The van der Waals surface area contributed by atoms with E-state index in [0.29, 0.717) is 5.57 Å². The Labute approximate surface area is 114 Å². The number of rotatable bonds is 2. The van der Waals surface area contributed by atoms with Gasteiger partial charge in [0.25, 0.3) is 0 Å². The molecule has 19 heavy (non-hydrogen) atoms. The van der Waals surface area contributed by atoms with Crippen LogP contribution in [-0.2, 0) is 7.05 Å². The molecule has 3 rings (SSSR count). The summed E-state index contributed by atoms with van der Waals surface area (Å²) in [5.74, 6) is 0. The van der Waals surface area contributed by atoms with Gasteiger partial charge in [0.05, 0.1) is 22.0 Å². The molecule has 0 fully saturated rings. The van der Waals surface area contributed by atoms with Crippen LogP contribution in [0.1, 0.15) is 10.6 Å². The van der Waals surface area contributed by atoms with E-state index in [0.717, 1.165) is 20.8 Å². The number of hydrogen-bond acceptors (Lipinski definition) is 4. The van der Waals surface area contributed by atoms with Crippen molar-refractivity contribution in [1.29, 1.82) is 5.26 Å². The van der Waals surface area contributed by atoms with E-state index in [1.54, 1.807) is 10.9 Å². The lowest BCUT2D eigenvalue weighted by Crippen LogP contribution is -1.84. The Morgan fingerprint density at radius 2 is 2.26 bits per heavy atom. The lowest BCUT2D eigenvalue weighted by atomic mass is 10.2. The average Bonchev–Trinajstić information content (AvgIpc) is 3.01. The molecule has 0 spiro atoms. The Morgan fingerprint density at radius 1 is 1.42 bits per heavy atom. The minimum absolute atomic E-state index is 0.564. The van der Waals surface area contributed by atoms with E-state index in [9.17, 15) is 5.26 Å². The molecule has 0 N–H and O–H groups in total. The van der Waals surface area contributed by atoms with Crippen molar-refractivity contribution in [2.45, 2.75) is 0 Å². The molecule has 0 unspecified atom stereocenters. The molecule has 0 aliphatic heterocycles. The van der Waals surface area contributed by atoms with Gasteiger partial charge in [0, 0.05) is 18.8 Å². The molecule has 0 radical (unpaired) electrons. The van der Waals surface area contributed by atoms with Crippen molar-refractivity contribution < 1.29 is 0 Å². The van der Waals surface area contributed by atoms with Gasteiger partial charge < -0.3 is 0 Å². The third-order valence-corrected chi connectivity index (χ3v) is 3.75. The Bertz CT molecular complexity index is 771. The summed E-state index contributed by atoms with van der Waals surface area (Å²) in [5.41, 5.74) is 2.39. The lowest BCUT2D eigenvalue weighted by Gasteiger charge is -1.90. The lowest BCUT2D eigenvalue weighted by molar-refractivity contribution is 0.767. The van der Waals surface area contributed by atoms with Gasteiger partial charge in [-0.2, -0.15) is 10.4 Å². The second-order valence-corrected chi connectivity index (χ2v) is 5.13. The summed E-state index contributed by atoms with van der Waals surface area (Å²) in [6.45, 7) is 0. The molecule has 0 saturated heterocycles. The molecule has 0 aliphatic carbocycles. The van der Waals surface area contributed by atoms with Gasteiger partial charge in [-0.25, -0.2) is 4.98 Å². The van der Waals surface area contributed by atoms with Crippen molar-refractivity contribution in [3.05, 3.63) is 47.2 Å². The van der Waals surface area contributed by atoms with Crippen LogP contribution in [-0.4, -0.2) is 14.8 Å². The van der Waals surface area contributed by atoms with E-state index in [2.05, 4.69) is 16.2 Å². The van der Waals surface area contributed by atoms with Gasteiger partial charge in [-0.15, -0.1) is 11.3 Å². The highest BCUT2D eigenvalue weighted by molar-refractivity contribution is 7.19. The highest BCUT2D eigenvalue weighted by Gasteiger charge is 2.08. The molecule has 0 bridgehead atoms. The van der Waals surface area contributed by atoms with Crippen LogP contribution >= 0.6 is 11.3 Å². The summed E-state index contributed by atoms with van der Waals surface area (Å²) in [4.78, 5) is 4.49. The molecule has 2 aromatic heterocycles. The first-order valence-corrected chi connectivity index (χ1v) is 6.54. The van der Waals surface area contributed by atoms with Gasteiger partial charge in [0.15, 0.2) is 0 Å². The molecular formula is C14H10N4S. The molecular weight excluding hydrogens is 256 g/mol. The number of hydrogen-bond donors (Lipinski definition) is 0. The average molecular weight is 266 g/mol. The van der Waals surface area contributed by atoms with Gasteiger partial charge in [0.2, 0.25) is 0 Å². The van der Waals surface area contributed by atoms with Gasteiger partial charge in [-0.3, -0.25) is 4.68 Å². The molecule has 3 aromatic rings. The Morgan fingerprint density at radius 3 is 2.95 bits per heavy atom. The maximum Gasteiger partial charge on any atom is 0.135 e. The van der Waals surface area contributed by atoms with Crippen molar-refractivity contribution in [1.82, 2.24) is 14.8 Å². The maximum atomic E-state index is 9.29. The monoisotopic (exact) mass is 266 g/mol. The fourth-order valence-corrected chi connectivity index (χ4v) is 2.74. The van der Waals surface area contributed by atoms with Crippen LogP contribution in [0.5, 0.6) is 0 Å². The number of benzene rings is 1. The molecule has 0 saturated carbocycles. The van der Waals surface area contributed by atoms with E-state index in [1.807, 2.05) is 43.6 Å². The van der Waals surface area contributed by atoms with Crippen molar-refractivity contribution in [2.24, 2.45) is 7.05 Å².